The van der Waals surface area contributed by atoms with Gasteiger partial charge in [-0.3, -0.25) is 0 Å². The van der Waals surface area contributed by atoms with E-state index in [9.17, 15) is 4.79 Å². The van der Waals surface area contributed by atoms with Gasteiger partial charge < -0.3 is 14.7 Å². The van der Waals surface area contributed by atoms with Crippen LogP contribution in [0.15, 0.2) is 30.3 Å². The third kappa shape index (κ3) is 2.84. The van der Waals surface area contributed by atoms with Gasteiger partial charge in [0.05, 0.1) is 5.52 Å². The van der Waals surface area contributed by atoms with Gasteiger partial charge in [-0.25, -0.2) is 9.78 Å². The number of rotatable bonds is 2. The second kappa shape index (κ2) is 6.06. The van der Waals surface area contributed by atoms with E-state index in [1.807, 2.05) is 18.2 Å². The Morgan fingerprint density at radius 1 is 1.08 bits per heavy atom. The van der Waals surface area contributed by atoms with Crippen LogP contribution in [0.4, 0.5) is 5.69 Å². The van der Waals surface area contributed by atoms with Crippen molar-refractivity contribution in [3.05, 3.63) is 36.0 Å². The number of carboxylic acids is 1. The molecule has 1 spiro atoms. The Morgan fingerprint density at radius 3 is 2.50 bits per heavy atom. The lowest BCUT2D eigenvalue weighted by atomic mass is 9.72. The van der Waals surface area contributed by atoms with Crippen LogP contribution in [0, 0.1) is 5.41 Å². The van der Waals surface area contributed by atoms with Crippen molar-refractivity contribution in [2.24, 2.45) is 5.41 Å². The van der Waals surface area contributed by atoms with Gasteiger partial charge in [0.25, 0.3) is 0 Å². The highest BCUT2D eigenvalue weighted by Gasteiger charge is 2.36. The summed E-state index contributed by atoms with van der Waals surface area (Å²) in [4.78, 5) is 17.8. The lowest BCUT2D eigenvalue weighted by Crippen LogP contribution is -2.42. The van der Waals surface area contributed by atoms with Crippen LogP contribution < -0.4 is 4.90 Å². The van der Waals surface area contributed by atoms with Crippen LogP contribution >= 0.6 is 0 Å². The van der Waals surface area contributed by atoms with E-state index in [0.717, 1.165) is 42.9 Å². The Kier molecular flexibility index (Phi) is 3.88. The summed E-state index contributed by atoms with van der Waals surface area (Å²) in [5.74, 6) is -0.985. The number of fused-ring (bicyclic) bond motifs is 1. The monoisotopic (exact) mass is 326 g/mol. The highest BCUT2D eigenvalue weighted by molar-refractivity contribution is 5.90. The molecule has 0 amide bonds. The molecule has 4 rings (SSSR count). The van der Waals surface area contributed by atoms with Gasteiger partial charge in [-0.15, -0.1) is 0 Å². The van der Waals surface area contributed by atoms with E-state index < -0.39 is 5.97 Å². The van der Waals surface area contributed by atoms with Crippen LogP contribution in [0.25, 0.3) is 10.9 Å². The Labute approximate surface area is 141 Å². The maximum absolute atomic E-state index is 11.1. The molecule has 1 aromatic heterocycles. The second-order valence-corrected chi connectivity index (χ2v) is 6.98. The van der Waals surface area contributed by atoms with Gasteiger partial charge >= 0.3 is 5.97 Å². The number of benzene rings is 1. The van der Waals surface area contributed by atoms with Crippen molar-refractivity contribution >= 4 is 22.6 Å². The molecule has 0 saturated carbocycles. The summed E-state index contributed by atoms with van der Waals surface area (Å²) in [5, 5.41) is 10.1. The molecule has 0 radical (unpaired) electrons. The van der Waals surface area contributed by atoms with Gasteiger partial charge in [0.2, 0.25) is 0 Å². The smallest absolute Gasteiger partial charge is 0.354 e. The fourth-order valence-corrected chi connectivity index (χ4v) is 3.97. The Morgan fingerprint density at radius 2 is 1.79 bits per heavy atom. The van der Waals surface area contributed by atoms with Gasteiger partial charge in [0, 0.05) is 37.4 Å². The molecule has 5 nitrogen and oxygen atoms in total. The number of aromatic nitrogens is 1. The molecule has 1 aromatic carbocycles. The zero-order valence-corrected chi connectivity index (χ0v) is 13.7. The molecular formula is C19H22N2O3. The summed E-state index contributed by atoms with van der Waals surface area (Å²) >= 11 is 0. The fraction of sp³-hybridized carbons (Fsp3) is 0.474. The number of piperidine rings is 1. The molecule has 0 unspecified atom stereocenters. The molecular weight excluding hydrogens is 304 g/mol. The number of aromatic carboxylic acids is 1. The van der Waals surface area contributed by atoms with Crippen LogP contribution in [-0.2, 0) is 4.74 Å². The number of anilines is 1. The first-order chi connectivity index (χ1) is 11.7. The number of pyridine rings is 1. The number of carboxylic acid groups (broad SMARTS) is 1. The zero-order chi connectivity index (χ0) is 16.6. The van der Waals surface area contributed by atoms with Crippen molar-refractivity contribution in [1.82, 2.24) is 4.98 Å². The zero-order valence-electron chi connectivity index (χ0n) is 13.7. The van der Waals surface area contributed by atoms with Crippen LogP contribution in [0.5, 0.6) is 0 Å². The molecule has 3 heterocycles. The maximum atomic E-state index is 11.1. The second-order valence-electron chi connectivity index (χ2n) is 6.98. The number of carbonyl (C=O) groups is 1. The minimum Gasteiger partial charge on any atom is -0.477 e. The predicted octanol–water partition coefficient (Wildman–Crippen LogP) is 3.33. The average Bonchev–Trinajstić information content (AvgIpc) is 2.62. The largest absolute Gasteiger partial charge is 0.477 e. The quantitative estimate of drug-likeness (QED) is 0.917. The summed E-state index contributed by atoms with van der Waals surface area (Å²) in [7, 11) is 0. The van der Waals surface area contributed by atoms with Gasteiger partial charge in [-0.05, 0) is 49.3 Å². The highest BCUT2D eigenvalue weighted by atomic mass is 16.5. The first-order valence-electron chi connectivity index (χ1n) is 8.62. The molecule has 2 aliphatic rings. The van der Waals surface area contributed by atoms with Crippen molar-refractivity contribution < 1.29 is 14.6 Å². The molecule has 0 aliphatic carbocycles. The number of nitrogens with zero attached hydrogens (tertiary/aromatic N) is 2. The van der Waals surface area contributed by atoms with Crippen molar-refractivity contribution in [3.8, 4) is 0 Å². The fourth-order valence-electron chi connectivity index (χ4n) is 3.97. The topological polar surface area (TPSA) is 62.7 Å². The number of hydrogen-bond donors (Lipinski definition) is 1. The van der Waals surface area contributed by atoms with Crippen LogP contribution in [0.1, 0.15) is 36.2 Å². The van der Waals surface area contributed by atoms with Crippen molar-refractivity contribution in [3.63, 3.8) is 0 Å². The van der Waals surface area contributed by atoms with E-state index in [-0.39, 0.29) is 5.69 Å². The van der Waals surface area contributed by atoms with E-state index in [1.54, 1.807) is 6.07 Å². The van der Waals surface area contributed by atoms with Crippen LogP contribution in [-0.4, -0.2) is 42.4 Å². The maximum Gasteiger partial charge on any atom is 0.354 e. The van der Waals surface area contributed by atoms with Gasteiger partial charge in [0.1, 0.15) is 5.69 Å². The third-order valence-electron chi connectivity index (χ3n) is 5.64. The summed E-state index contributed by atoms with van der Waals surface area (Å²) in [6, 6.07) is 9.54. The molecule has 24 heavy (non-hydrogen) atoms. The van der Waals surface area contributed by atoms with E-state index in [2.05, 4.69) is 16.0 Å². The van der Waals surface area contributed by atoms with E-state index >= 15 is 0 Å². The average molecular weight is 326 g/mol. The molecule has 0 bridgehead atoms. The van der Waals surface area contributed by atoms with Crippen LogP contribution in [0.3, 0.4) is 0 Å². The lowest BCUT2D eigenvalue weighted by molar-refractivity contribution is 0.00212. The Balaban J connectivity index is 1.55. The number of hydrogen-bond acceptors (Lipinski definition) is 4. The van der Waals surface area contributed by atoms with Crippen LogP contribution in [0.2, 0.25) is 0 Å². The van der Waals surface area contributed by atoms with E-state index in [1.165, 1.54) is 25.7 Å². The molecule has 0 atom stereocenters. The molecule has 5 heteroatoms. The third-order valence-corrected chi connectivity index (χ3v) is 5.64. The highest BCUT2D eigenvalue weighted by Crippen LogP contribution is 2.41. The summed E-state index contributed by atoms with van der Waals surface area (Å²) in [6.07, 6.45) is 4.78. The summed E-state index contributed by atoms with van der Waals surface area (Å²) in [5.41, 5.74) is 2.46. The van der Waals surface area contributed by atoms with E-state index in [4.69, 9.17) is 9.84 Å². The SMILES string of the molecule is O=C(O)c1ccc2ccc(N3CCC4(CCOCC4)CC3)cc2n1. The minimum atomic E-state index is -0.985. The molecule has 2 saturated heterocycles. The molecule has 2 aliphatic heterocycles. The van der Waals surface area contributed by atoms with E-state index in [0.29, 0.717) is 5.41 Å². The summed E-state index contributed by atoms with van der Waals surface area (Å²) < 4.78 is 5.52. The lowest BCUT2D eigenvalue weighted by Gasteiger charge is -2.44. The predicted molar refractivity (Wildman–Crippen MR) is 92.6 cm³/mol. The normalized spacial score (nSPS) is 20.4. The van der Waals surface area contributed by atoms with Gasteiger partial charge in [0.15, 0.2) is 0 Å². The molecule has 2 fully saturated rings. The van der Waals surface area contributed by atoms with Crippen molar-refractivity contribution in [2.75, 3.05) is 31.2 Å². The van der Waals surface area contributed by atoms with Crippen molar-refractivity contribution in [2.45, 2.75) is 25.7 Å². The minimum absolute atomic E-state index is 0.0967. The Bertz CT molecular complexity index is 758. The number of ether oxygens (including phenoxy) is 1. The first kappa shape index (κ1) is 15.4. The molecule has 2 aromatic rings. The van der Waals surface area contributed by atoms with Crippen molar-refractivity contribution in [1.29, 1.82) is 0 Å². The first-order valence-corrected chi connectivity index (χ1v) is 8.62. The standard InChI is InChI=1S/C19H22N2O3/c22-18(23)16-4-2-14-1-3-15(13-17(14)20-16)21-9-5-19(6-10-21)7-11-24-12-8-19/h1-4,13H,5-12H2,(H,22,23). The Hall–Kier alpha value is -2.14. The summed E-state index contributed by atoms with van der Waals surface area (Å²) in [6.45, 7) is 3.89. The molecule has 126 valence electrons. The van der Waals surface area contributed by atoms with Gasteiger partial charge in [-0.2, -0.15) is 0 Å². The molecule has 1 N–H and O–H groups in total. The van der Waals surface area contributed by atoms with Gasteiger partial charge in [-0.1, -0.05) is 12.1 Å².